The van der Waals surface area contributed by atoms with Crippen molar-refractivity contribution in [3.63, 3.8) is 0 Å². The Morgan fingerprint density at radius 3 is 2.48 bits per heavy atom. The van der Waals surface area contributed by atoms with Gasteiger partial charge >= 0.3 is 12.2 Å². The molecule has 0 spiro atoms. The van der Waals surface area contributed by atoms with Gasteiger partial charge in [-0.2, -0.15) is 13.2 Å². The maximum atomic E-state index is 13.3. The second-order valence-electron chi connectivity index (χ2n) is 4.85. The highest BCUT2D eigenvalue weighted by Gasteiger charge is 2.33. The molecular formula is C16H13F5N2O2. The summed E-state index contributed by atoms with van der Waals surface area (Å²) in [5.41, 5.74) is -1.37. The van der Waals surface area contributed by atoms with E-state index in [4.69, 9.17) is 4.74 Å². The number of para-hydroxylation sites is 1. The van der Waals surface area contributed by atoms with E-state index < -0.39 is 35.1 Å². The number of ether oxygens (including phenoxy) is 1. The fraction of sp³-hybridized carbons (Fsp3) is 0.188. The fourth-order valence-electron chi connectivity index (χ4n) is 1.92. The zero-order valence-corrected chi connectivity index (χ0v) is 12.7. The standard InChI is InChI=1S/C16H13F5N2O2/c17-10-5-6-14(12(18)9-10)25-8-7-22-15(24)23-13-4-2-1-3-11(13)16(19,20)21/h1-6,9H,7-8H2,(H2,22,23,24). The third-order valence-corrected chi connectivity index (χ3v) is 3.02. The van der Waals surface area contributed by atoms with Gasteiger partial charge in [-0.15, -0.1) is 0 Å². The van der Waals surface area contributed by atoms with Gasteiger partial charge in [0, 0.05) is 6.07 Å². The number of anilines is 1. The Labute approximate surface area is 139 Å². The predicted molar refractivity (Wildman–Crippen MR) is 80.3 cm³/mol. The number of hydrogen-bond acceptors (Lipinski definition) is 2. The van der Waals surface area contributed by atoms with Crippen LogP contribution in [-0.4, -0.2) is 19.2 Å². The van der Waals surface area contributed by atoms with Crippen LogP contribution in [0.1, 0.15) is 5.56 Å². The molecule has 2 aromatic carbocycles. The first-order valence-electron chi connectivity index (χ1n) is 7.06. The lowest BCUT2D eigenvalue weighted by molar-refractivity contribution is -0.136. The number of halogens is 5. The van der Waals surface area contributed by atoms with E-state index in [9.17, 15) is 26.7 Å². The number of nitrogens with one attached hydrogen (secondary N) is 2. The average molecular weight is 360 g/mol. The maximum Gasteiger partial charge on any atom is 0.418 e. The summed E-state index contributed by atoms with van der Waals surface area (Å²) in [5.74, 6) is -1.86. The molecule has 0 bridgehead atoms. The fourth-order valence-corrected chi connectivity index (χ4v) is 1.92. The topological polar surface area (TPSA) is 50.4 Å². The van der Waals surface area contributed by atoms with Crippen LogP contribution in [0, 0.1) is 11.6 Å². The third kappa shape index (κ3) is 5.33. The first-order chi connectivity index (χ1) is 11.8. The zero-order chi connectivity index (χ0) is 18.4. The van der Waals surface area contributed by atoms with Gasteiger partial charge in [0.1, 0.15) is 12.4 Å². The molecule has 134 valence electrons. The second-order valence-corrected chi connectivity index (χ2v) is 4.85. The van der Waals surface area contributed by atoms with Crippen molar-refractivity contribution in [2.24, 2.45) is 0 Å². The Bertz CT molecular complexity index is 750. The zero-order valence-electron chi connectivity index (χ0n) is 12.7. The second kappa shape index (κ2) is 7.82. The molecule has 25 heavy (non-hydrogen) atoms. The van der Waals surface area contributed by atoms with Crippen LogP contribution in [0.5, 0.6) is 5.75 Å². The van der Waals surface area contributed by atoms with Crippen LogP contribution in [0.25, 0.3) is 0 Å². The highest BCUT2D eigenvalue weighted by atomic mass is 19.4. The summed E-state index contributed by atoms with van der Waals surface area (Å²) in [4.78, 5) is 11.6. The van der Waals surface area contributed by atoms with Gasteiger partial charge in [-0.25, -0.2) is 13.6 Å². The van der Waals surface area contributed by atoms with Crippen molar-refractivity contribution >= 4 is 11.7 Å². The van der Waals surface area contributed by atoms with Crippen LogP contribution in [0.2, 0.25) is 0 Å². The molecule has 0 aliphatic rings. The molecule has 0 aromatic heterocycles. The lowest BCUT2D eigenvalue weighted by atomic mass is 10.1. The normalized spacial score (nSPS) is 11.1. The Morgan fingerprint density at radius 2 is 1.80 bits per heavy atom. The van der Waals surface area contributed by atoms with Crippen LogP contribution >= 0.6 is 0 Å². The lowest BCUT2D eigenvalue weighted by Gasteiger charge is -2.14. The van der Waals surface area contributed by atoms with Crippen molar-refractivity contribution < 1.29 is 31.5 Å². The molecule has 2 amide bonds. The quantitative estimate of drug-likeness (QED) is 0.621. The smallest absolute Gasteiger partial charge is 0.418 e. The Morgan fingerprint density at radius 1 is 1.08 bits per heavy atom. The van der Waals surface area contributed by atoms with Crippen LogP contribution in [-0.2, 0) is 6.18 Å². The van der Waals surface area contributed by atoms with Gasteiger partial charge < -0.3 is 15.4 Å². The van der Waals surface area contributed by atoms with Gasteiger partial charge in [0.25, 0.3) is 0 Å². The van der Waals surface area contributed by atoms with Crippen LogP contribution in [0.4, 0.5) is 32.4 Å². The highest BCUT2D eigenvalue weighted by Crippen LogP contribution is 2.34. The van der Waals surface area contributed by atoms with E-state index in [0.29, 0.717) is 6.07 Å². The lowest BCUT2D eigenvalue weighted by Crippen LogP contribution is -2.32. The monoisotopic (exact) mass is 360 g/mol. The summed E-state index contributed by atoms with van der Waals surface area (Å²) in [6.45, 7) is -0.256. The number of alkyl halides is 3. The van der Waals surface area contributed by atoms with Gasteiger partial charge in [-0.3, -0.25) is 0 Å². The molecule has 0 heterocycles. The molecule has 0 saturated heterocycles. The molecule has 2 rings (SSSR count). The Hall–Kier alpha value is -2.84. The number of carbonyl (C=O) groups excluding carboxylic acids is 1. The molecule has 0 aliphatic carbocycles. The van der Waals surface area contributed by atoms with E-state index in [0.717, 1.165) is 24.3 Å². The molecule has 0 saturated carbocycles. The Balaban J connectivity index is 1.84. The minimum absolute atomic E-state index is 0.100. The first kappa shape index (κ1) is 18.5. The van der Waals surface area contributed by atoms with Crippen molar-refractivity contribution in [2.45, 2.75) is 6.18 Å². The van der Waals surface area contributed by atoms with Gasteiger partial charge in [0.2, 0.25) is 0 Å². The molecule has 0 radical (unpaired) electrons. The Kier molecular flexibility index (Phi) is 5.79. The summed E-state index contributed by atoms with van der Waals surface area (Å²) in [5, 5.41) is 4.36. The minimum atomic E-state index is -4.60. The number of rotatable bonds is 5. The van der Waals surface area contributed by atoms with E-state index in [1.807, 2.05) is 0 Å². The van der Waals surface area contributed by atoms with Gasteiger partial charge in [0.15, 0.2) is 11.6 Å². The van der Waals surface area contributed by atoms with E-state index in [1.54, 1.807) is 0 Å². The first-order valence-corrected chi connectivity index (χ1v) is 7.06. The summed E-state index contributed by atoms with van der Waals surface area (Å²) in [7, 11) is 0. The number of benzene rings is 2. The van der Waals surface area contributed by atoms with Crippen LogP contribution in [0.3, 0.4) is 0 Å². The van der Waals surface area contributed by atoms with Crippen molar-refractivity contribution in [1.29, 1.82) is 0 Å². The van der Waals surface area contributed by atoms with Gasteiger partial charge in [-0.05, 0) is 24.3 Å². The SMILES string of the molecule is O=C(NCCOc1ccc(F)cc1F)Nc1ccccc1C(F)(F)F. The molecule has 9 heteroatoms. The van der Waals surface area contributed by atoms with Crippen molar-refractivity contribution in [3.05, 3.63) is 59.7 Å². The highest BCUT2D eigenvalue weighted by molar-refractivity contribution is 5.90. The molecule has 2 aromatic rings. The van der Waals surface area contributed by atoms with E-state index in [2.05, 4.69) is 10.6 Å². The molecule has 0 unspecified atom stereocenters. The summed E-state index contributed by atoms with van der Waals surface area (Å²) < 4.78 is 69.5. The number of amides is 2. The van der Waals surface area contributed by atoms with E-state index in [1.165, 1.54) is 12.1 Å². The summed E-state index contributed by atoms with van der Waals surface area (Å²) in [6, 6.07) is 6.38. The van der Waals surface area contributed by atoms with Crippen LogP contribution < -0.4 is 15.4 Å². The molecule has 0 fully saturated rings. The molecular weight excluding hydrogens is 347 g/mol. The third-order valence-electron chi connectivity index (χ3n) is 3.02. The van der Waals surface area contributed by atoms with E-state index >= 15 is 0 Å². The van der Waals surface area contributed by atoms with Crippen molar-refractivity contribution in [2.75, 3.05) is 18.5 Å². The van der Waals surface area contributed by atoms with Crippen molar-refractivity contribution in [1.82, 2.24) is 5.32 Å². The molecule has 2 N–H and O–H groups in total. The summed E-state index contributed by atoms with van der Waals surface area (Å²) in [6.07, 6.45) is -4.60. The molecule has 4 nitrogen and oxygen atoms in total. The predicted octanol–water partition coefficient (Wildman–Crippen LogP) is 4.18. The average Bonchev–Trinajstić information content (AvgIpc) is 2.52. The largest absolute Gasteiger partial charge is 0.489 e. The van der Waals surface area contributed by atoms with E-state index in [-0.39, 0.29) is 18.9 Å². The molecule has 0 aliphatic heterocycles. The number of hydrogen-bond donors (Lipinski definition) is 2. The van der Waals surface area contributed by atoms with Gasteiger partial charge in [0.05, 0.1) is 17.8 Å². The molecule has 0 atom stereocenters. The maximum absolute atomic E-state index is 13.3. The minimum Gasteiger partial charge on any atom is -0.489 e. The van der Waals surface area contributed by atoms with Gasteiger partial charge in [-0.1, -0.05) is 12.1 Å². The van der Waals surface area contributed by atoms with Crippen LogP contribution in [0.15, 0.2) is 42.5 Å². The number of urea groups is 1. The number of carbonyl (C=O) groups is 1. The summed E-state index contributed by atoms with van der Waals surface area (Å²) >= 11 is 0. The van der Waals surface area contributed by atoms with Crippen molar-refractivity contribution in [3.8, 4) is 5.75 Å².